The fourth-order valence-corrected chi connectivity index (χ4v) is 1.70. The summed E-state index contributed by atoms with van der Waals surface area (Å²) in [5.41, 5.74) is -0.249. The van der Waals surface area contributed by atoms with E-state index in [0.29, 0.717) is 0 Å². The molecule has 0 saturated heterocycles. The third kappa shape index (κ3) is 4.50. The predicted octanol–water partition coefficient (Wildman–Crippen LogP) is 1.34. The van der Waals surface area contributed by atoms with Gasteiger partial charge in [0.05, 0.1) is 0 Å². The van der Waals surface area contributed by atoms with Crippen LogP contribution in [0.25, 0.3) is 0 Å². The quantitative estimate of drug-likeness (QED) is 0.646. The Balaban J connectivity index is 3.98. The smallest absolute Gasteiger partial charge is 0.0264 e. The summed E-state index contributed by atoms with van der Waals surface area (Å²) in [5.74, 6) is 0. The van der Waals surface area contributed by atoms with E-state index in [2.05, 4.69) is 4.72 Å². The van der Waals surface area contributed by atoms with Crippen LogP contribution in [0.4, 0.5) is 0 Å². The first kappa shape index (κ1) is 11.1. The highest BCUT2D eigenvalue weighted by molar-refractivity contribution is 7.77. The molecule has 2 unspecified atom stereocenters. The van der Waals surface area contributed by atoms with Crippen LogP contribution in [-0.2, 0) is 11.3 Å². The molecule has 0 amide bonds. The van der Waals surface area contributed by atoms with Gasteiger partial charge in [0, 0.05) is 16.8 Å². The maximum atomic E-state index is 10.3. The van der Waals surface area contributed by atoms with Gasteiger partial charge in [0.15, 0.2) is 0 Å². The number of nitrogens with one attached hydrogen (secondary N) is 1. The lowest BCUT2D eigenvalue weighted by molar-refractivity contribution is 0.363. The van der Waals surface area contributed by atoms with Crippen molar-refractivity contribution < 1.29 is 8.76 Å². The highest BCUT2D eigenvalue weighted by Gasteiger charge is 2.19. The zero-order valence-corrected chi connectivity index (χ0v) is 8.16. The highest BCUT2D eigenvalue weighted by Crippen LogP contribution is 2.16. The molecule has 0 rings (SSSR count). The Morgan fingerprint density at radius 2 is 2.09 bits per heavy atom. The van der Waals surface area contributed by atoms with E-state index in [0.717, 1.165) is 19.3 Å². The van der Waals surface area contributed by atoms with Crippen molar-refractivity contribution in [3.63, 3.8) is 0 Å². The van der Waals surface area contributed by atoms with Crippen LogP contribution in [0.3, 0.4) is 0 Å². The van der Waals surface area contributed by atoms with E-state index < -0.39 is 11.3 Å². The summed E-state index contributed by atoms with van der Waals surface area (Å²) in [5, 5.41) is 0. The minimum atomic E-state index is -2.14. The van der Waals surface area contributed by atoms with Crippen molar-refractivity contribution in [2.24, 2.45) is 0 Å². The van der Waals surface area contributed by atoms with Gasteiger partial charge < -0.3 is 4.55 Å². The lowest BCUT2D eigenvalue weighted by atomic mass is 9.95. The van der Waals surface area contributed by atoms with Gasteiger partial charge in [0.1, 0.15) is 0 Å². The van der Waals surface area contributed by atoms with E-state index in [1.165, 1.54) is 0 Å². The zero-order valence-electron chi connectivity index (χ0n) is 7.35. The SMILES string of the molecule is CCCC(C)(CC)NS(=O)[O-]. The lowest BCUT2D eigenvalue weighted by Crippen LogP contribution is -2.42. The Morgan fingerprint density at radius 1 is 1.55 bits per heavy atom. The van der Waals surface area contributed by atoms with Crippen LogP contribution in [0.5, 0.6) is 0 Å². The van der Waals surface area contributed by atoms with Crippen molar-refractivity contribution in [1.82, 2.24) is 4.72 Å². The maximum absolute atomic E-state index is 10.3. The van der Waals surface area contributed by atoms with E-state index in [9.17, 15) is 8.76 Å². The van der Waals surface area contributed by atoms with Crippen molar-refractivity contribution in [1.29, 1.82) is 0 Å². The standard InChI is InChI=1S/C7H17NO2S/c1-4-6-7(3,5-2)8-11(9)10/h8H,4-6H2,1-3H3,(H,9,10)/p-1. The van der Waals surface area contributed by atoms with Gasteiger partial charge in [-0.05, 0) is 19.8 Å². The summed E-state index contributed by atoms with van der Waals surface area (Å²) in [7, 11) is 0. The zero-order chi connectivity index (χ0) is 8.91. The average molecular weight is 178 g/mol. The van der Waals surface area contributed by atoms with Crippen LogP contribution in [0.2, 0.25) is 0 Å². The van der Waals surface area contributed by atoms with Crippen molar-refractivity contribution in [3.05, 3.63) is 0 Å². The fourth-order valence-electron chi connectivity index (χ4n) is 1.05. The molecule has 0 aromatic heterocycles. The minimum absolute atomic E-state index is 0.249. The molecule has 0 fully saturated rings. The van der Waals surface area contributed by atoms with Crippen LogP contribution in [0, 0.1) is 0 Å². The summed E-state index contributed by atoms with van der Waals surface area (Å²) < 4.78 is 23.2. The molecule has 0 spiro atoms. The molecule has 3 nitrogen and oxygen atoms in total. The molecule has 0 aromatic carbocycles. The van der Waals surface area contributed by atoms with E-state index in [1.54, 1.807) is 0 Å². The second kappa shape index (κ2) is 4.85. The van der Waals surface area contributed by atoms with E-state index in [4.69, 9.17) is 0 Å². The summed E-state index contributed by atoms with van der Waals surface area (Å²) in [6, 6.07) is 0. The van der Waals surface area contributed by atoms with Crippen LogP contribution in [-0.4, -0.2) is 14.3 Å². The van der Waals surface area contributed by atoms with Crippen LogP contribution in [0.15, 0.2) is 0 Å². The van der Waals surface area contributed by atoms with Gasteiger partial charge in [-0.25, -0.2) is 4.72 Å². The molecule has 0 radical (unpaired) electrons. The molecule has 68 valence electrons. The molecular formula is C7H16NO2S-. The second-order valence-electron chi connectivity index (χ2n) is 3.00. The van der Waals surface area contributed by atoms with E-state index in [-0.39, 0.29) is 5.54 Å². The third-order valence-electron chi connectivity index (χ3n) is 1.91. The molecule has 0 aromatic rings. The molecule has 2 atom stereocenters. The first-order chi connectivity index (χ1) is 5.04. The topological polar surface area (TPSA) is 52.2 Å². The summed E-state index contributed by atoms with van der Waals surface area (Å²) >= 11 is -2.14. The Bertz CT molecular complexity index is 140. The van der Waals surface area contributed by atoms with Gasteiger partial charge in [-0.1, -0.05) is 20.3 Å². The van der Waals surface area contributed by atoms with E-state index in [1.807, 2.05) is 20.8 Å². The largest absolute Gasteiger partial charge is 0.760 e. The average Bonchev–Trinajstić information content (AvgIpc) is 1.87. The van der Waals surface area contributed by atoms with Crippen LogP contribution in [0.1, 0.15) is 40.0 Å². The molecule has 1 N–H and O–H groups in total. The van der Waals surface area contributed by atoms with E-state index >= 15 is 0 Å². The normalized spacial score (nSPS) is 19.3. The number of hydrogen-bond acceptors (Lipinski definition) is 2. The molecule has 0 aliphatic rings. The van der Waals surface area contributed by atoms with Gasteiger partial charge in [-0.2, -0.15) is 0 Å². The van der Waals surface area contributed by atoms with Gasteiger partial charge in [-0.15, -0.1) is 0 Å². The van der Waals surface area contributed by atoms with Crippen LogP contribution >= 0.6 is 0 Å². The van der Waals surface area contributed by atoms with Gasteiger partial charge in [0.25, 0.3) is 0 Å². The van der Waals surface area contributed by atoms with Crippen molar-refractivity contribution in [3.8, 4) is 0 Å². The van der Waals surface area contributed by atoms with Gasteiger partial charge in [-0.3, -0.25) is 4.21 Å². The monoisotopic (exact) mass is 178 g/mol. The molecule has 11 heavy (non-hydrogen) atoms. The lowest BCUT2D eigenvalue weighted by Gasteiger charge is -2.30. The Hall–Kier alpha value is 0.0700. The molecule has 0 saturated carbocycles. The molecule has 0 heterocycles. The number of rotatable bonds is 5. The van der Waals surface area contributed by atoms with Gasteiger partial charge in [0.2, 0.25) is 0 Å². The van der Waals surface area contributed by atoms with Crippen molar-refractivity contribution >= 4 is 11.3 Å². The van der Waals surface area contributed by atoms with Crippen LogP contribution < -0.4 is 4.72 Å². The molecular weight excluding hydrogens is 162 g/mol. The molecule has 0 aliphatic heterocycles. The molecule has 0 aliphatic carbocycles. The summed E-state index contributed by atoms with van der Waals surface area (Å²) in [6.45, 7) is 5.95. The first-order valence-electron chi connectivity index (χ1n) is 3.91. The first-order valence-corrected chi connectivity index (χ1v) is 4.98. The maximum Gasteiger partial charge on any atom is 0.0264 e. The fraction of sp³-hybridized carbons (Fsp3) is 1.00. The Morgan fingerprint density at radius 3 is 2.36 bits per heavy atom. The van der Waals surface area contributed by atoms with Crippen molar-refractivity contribution in [2.75, 3.05) is 0 Å². The number of hydrogen-bond donors (Lipinski definition) is 1. The summed E-state index contributed by atoms with van der Waals surface area (Å²) in [4.78, 5) is 0. The Labute approximate surface area is 71.0 Å². The molecule has 4 heteroatoms. The van der Waals surface area contributed by atoms with Gasteiger partial charge >= 0.3 is 0 Å². The third-order valence-corrected chi connectivity index (χ3v) is 2.57. The summed E-state index contributed by atoms with van der Waals surface area (Å²) in [6.07, 6.45) is 2.71. The minimum Gasteiger partial charge on any atom is -0.760 e. The highest BCUT2D eigenvalue weighted by atomic mass is 32.2. The Kier molecular flexibility index (Phi) is 4.88. The molecule has 0 bridgehead atoms. The predicted molar refractivity (Wildman–Crippen MR) is 45.7 cm³/mol. The van der Waals surface area contributed by atoms with Crippen molar-refractivity contribution in [2.45, 2.75) is 45.6 Å². The second-order valence-corrected chi connectivity index (χ2v) is 3.67.